The van der Waals surface area contributed by atoms with Crippen LogP contribution in [0.4, 0.5) is 10.5 Å². The van der Waals surface area contributed by atoms with Crippen LogP contribution in [-0.4, -0.2) is 32.1 Å². The van der Waals surface area contributed by atoms with Crippen LogP contribution in [0.25, 0.3) is 16.9 Å². The van der Waals surface area contributed by atoms with Crippen LogP contribution < -0.4 is 10.9 Å². The molecule has 0 radical (unpaired) electrons. The standard InChI is InChI=1S/C25H23N5O2/c31-24-20-15-29(25(32)26-19-10-9-16-7-4-8-18(16)13-19)12-11-21(20)27-23-14-22(28-30(23)24)17-5-2-1-3-6-17/h1-3,5-6,9-10,13-14,28H,4,7-8,11-12,15H2,(H,26,32). The van der Waals surface area contributed by atoms with Crippen LogP contribution in [-0.2, 0) is 25.8 Å². The third-order valence-electron chi connectivity index (χ3n) is 6.48. The van der Waals surface area contributed by atoms with Crippen molar-refractivity contribution in [1.29, 1.82) is 0 Å². The molecule has 0 spiro atoms. The van der Waals surface area contributed by atoms with E-state index in [0.29, 0.717) is 24.2 Å². The number of nitrogens with one attached hydrogen (secondary N) is 2. The first-order valence-corrected chi connectivity index (χ1v) is 11.0. The molecule has 6 rings (SSSR count). The summed E-state index contributed by atoms with van der Waals surface area (Å²) in [4.78, 5) is 32.5. The van der Waals surface area contributed by atoms with Crippen LogP contribution >= 0.6 is 0 Å². The lowest BCUT2D eigenvalue weighted by Crippen LogP contribution is -2.42. The van der Waals surface area contributed by atoms with Crippen LogP contribution in [0, 0.1) is 0 Å². The lowest BCUT2D eigenvalue weighted by molar-refractivity contribution is 0.205. The number of aromatic nitrogens is 3. The monoisotopic (exact) mass is 425 g/mol. The van der Waals surface area contributed by atoms with Gasteiger partial charge in [0, 0.05) is 24.7 Å². The number of hydrogen-bond donors (Lipinski definition) is 2. The predicted molar refractivity (Wildman–Crippen MR) is 123 cm³/mol. The number of rotatable bonds is 2. The number of nitrogens with zero attached hydrogens (tertiary/aromatic N) is 3. The van der Waals surface area contributed by atoms with Gasteiger partial charge in [-0.3, -0.25) is 9.89 Å². The zero-order chi connectivity index (χ0) is 21.7. The molecule has 2 aromatic carbocycles. The molecule has 7 nitrogen and oxygen atoms in total. The van der Waals surface area contributed by atoms with Gasteiger partial charge >= 0.3 is 6.03 Å². The number of urea groups is 1. The molecule has 0 saturated carbocycles. The highest BCUT2D eigenvalue weighted by molar-refractivity contribution is 5.89. The highest BCUT2D eigenvalue weighted by Gasteiger charge is 2.26. The molecule has 32 heavy (non-hydrogen) atoms. The highest BCUT2D eigenvalue weighted by atomic mass is 16.2. The van der Waals surface area contributed by atoms with Gasteiger partial charge < -0.3 is 10.2 Å². The first kappa shape index (κ1) is 18.9. The quantitative estimate of drug-likeness (QED) is 0.513. The molecular formula is C25H23N5O2. The fourth-order valence-electron chi connectivity index (χ4n) is 4.77. The van der Waals surface area contributed by atoms with Gasteiger partial charge in [0.25, 0.3) is 5.56 Å². The van der Waals surface area contributed by atoms with Crippen molar-refractivity contribution in [2.75, 3.05) is 11.9 Å². The Morgan fingerprint density at radius 1 is 1.00 bits per heavy atom. The van der Waals surface area contributed by atoms with Crippen LogP contribution in [0.2, 0.25) is 0 Å². The van der Waals surface area contributed by atoms with E-state index in [1.807, 2.05) is 42.5 Å². The fraction of sp³-hybridized carbons (Fsp3) is 0.240. The van der Waals surface area contributed by atoms with Gasteiger partial charge in [-0.25, -0.2) is 14.3 Å². The van der Waals surface area contributed by atoms with E-state index in [4.69, 9.17) is 4.98 Å². The number of carbonyl (C=O) groups is 1. The molecule has 4 aromatic rings. The molecule has 2 aliphatic rings. The van der Waals surface area contributed by atoms with Gasteiger partial charge in [-0.1, -0.05) is 36.4 Å². The Labute approximate surface area is 184 Å². The summed E-state index contributed by atoms with van der Waals surface area (Å²) in [6.45, 7) is 0.781. The largest absolute Gasteiger partial charge is 0.322 e. The van der Waals surface area contributed by atoms with Gasteiger partial charge in [0.15, 0.2) is 5.65 Å². The summed E-state index contributed by atoms with van der Waals surface area (Å²) in [5.41, 5.74) is 7.12. The molecule has 0 bridgehead atoms. The number of carbonyl (C=O) groups excluding carboxylic acids is 1. The molecule has 0 atom stereocenters. The van der Waals surface area contributed by atoms with E-state index in [9.17, 15) is 9.59 Å². The van der Waals surface area contributed by atoms with Crippen molar-refractivity contribution in [2.45, 2.75) is 32.2 Å². The number of H-pyrrole nitrogens is 1. The van der Waals surface area contributed by atoms with E-state index in [1.165, 1.54) is 22.1 Å². The first-order valence-electron chi connectivity index (χ1n) is 11.0. The third-order valence-corrected chi connectivity index (χ3v) is 6.48. The molecule has 2 amide bonds. The number of fused-ring (bicyclic) bond motifs is 3. The zero-order valence-electron chi connectivity index (χ0n) is 17.6. The van der Waals surface area contributed by atoms with Crippen molar-refractivity contribution in [3.8, 4) is 11.3 Å². The molecule has 1 aliphatic heterocycles. The van der Waals surface area contributed by atoms with Gasteiger partial charge in [-0.15, -0.1) is 0 Å². The van der Waals surface area contributed by atoms with E-state index in [1.54, 1.807) is 4.90 Å². The number of aromatic amines is 1. The van der Waals surface area contributed by atoms with Crippen molar-refractivity contribution in [1.82, 2.24) is 19.5 Å². The van der Waals surface area contributed by atoms with E-state index in [0.717, 1.165) is 35.5 Å². The Morgan fingerprint density at radius 2 is 1.84 bits per heavy atom. The second-order valence-electron chi connectivity index (χ2n) is 8.51. The van der Waals surface area contributed by atoms with E-state index < -0.39 is 0 Å². The summed E-state index contributed by atoms with van der Waals surface area (Å²) in [6.07, 6.45) is 3.91. The normalized spacial score (nSPS) is 14.9. The van der Waals surface area contributed by atoms with Gasteiger partial charge in [-0.05, 0) is 48.1 Å². The molecule has 2 aromatic heterocycles. The second kappa shape index (κ2) is 7.37. The molecule has 160 valence electrons. The molecule has 2 N–H and O–H groups in total. The molecule has 0 fully saturated rings. The minimum atomic E-state index is -0.186. The molecule has 1 aliphatic carbocycles. The second-order valence-corrected chi connectivity index (χ2v) is 8.51. The Bertz CT molecular complexity index is 1400. The van der Waals surface area contributed by atoms with Crippen molar-refractivity contribution < 1.29 is 4.79 Å². The van der Waals surface area contributed by atoms with Gasteiger partial charge in [-0.2, -0.15) is 0 Å². The SMILES string of the molecule is O=C(Nc1ccc2c(c1)CCC2)N1CCc2nc3cc(-c4ccccc4)[nH]n3c(=O)c2C1. The predicted octanol–water partition coefficient (Wildman–Crippen LogP) is 3.77. The number of hydrogen-bond acceptors (Lipinski definition) is 3. The van der Waals surface area contributed by atoms with Crippen LogP contribution in [0.5, 0.6) is 0 Å². The average molecular weight is 425 g/mol. The van der Waals surface area contributed by atoms with Crippen molar-refractivity contribution in [2.24, 2.45) is 0 Å². The molecule has 0 saturated heterocycles. The van der Waals surface area contributed by atoms with E-state index >= 15 is 0 Å². The summed E-state index contributed by atoms with van der Waals surface area (Å²) in [5, 5.41) is 6.16. The minimum Gasteiger partial charge on any atom is -0.320 e. The van der Waals surface area contributed by atoms with Crippen LogP contribution in [0.15, 0.2) is 59.4 Å². The van der Waals surface area contributed by atoms with Gasteiger partial charge in [0.2, 0.25) is 0 Å². The summed E-state index contributed by atoms with van der Waals surface area (Å²) in [7, 11) is 0. The topological polar surface area (TPSA) is 82.5 Å². The Kier molecular flexibility index (Phi) is 4.35. The average Bonchev–Trinajstić information content (AvgIpc) is 3.46. The highest BCUT2D eigenvalue weighted by Crippen LogP contribution is 2.26. The summed E-state index contributed by atoms with van der Waals surface area (Å²) < 4.78 is 1.48. The maximum absolute atomic E-state index is 13.2. The fourth-order valence-corrected chi connectivity index (χ4v) is 4.77. The summed E-state index contributed by atoms with van der Waals surface area (Å²) in [5.74, 6) is 0. The van der Waals surface area contributed by atoms with E-state index in [-0.39, 0.29) is 18.1 Å². The smallest absolute Gasteiger partial charge is 0.320 e. The van der Waals surface area contributed by atoms with Crippen molar-refractivity contribution in [3.63, 3.8) is 0 Å². The van der Waals surface area contributed by atoms with Crippen molar-refractivity contribution in [3.05, 3.63) is 87.3 Å². The van der Waals surface area contributed by atoms with Crippen LogP contribution in [0.3, 0.4) is 0 Å². The zero-order valence-corrected chi connectivity index (χ0v) is 17.6. The van der Waals surface area contributed by atoms with Gasteiger partial charge in [0.05, 0.1) is 23.5 Å². The maximum atomic E-state index is 13.2. The Hall–Kier alpha value is -3.87. The summed E-state index contributed by atoms with van der Waals surface area (Å²) >= 11 is 0. The first-order chi connectivity index (χ1) is 15.7. The van der Waals surface area contributed by atoms with Gasteiger partial charge in [0.1, 0.15) is 0 Å². The number of aryl methyl sites for hydroxylation is 2. The molecule has 0 unspecified atom stereocenters. The lowest BCUT2D eigenvalue weighted by Gasteiger charge is -2.28. The minimum absolute atomic E-state index is 0.151. The third kappa shape index (κ3) is 3.17. The lowest BCUT2D eigenvalue weighted by atomic mass is 10.1. The summed E-state index contributed by atoms with van der Waals surface area (Å²) in [6, 6.07) is 17.7. The molecule has 3 heterocycles. The Morgan fingerprint density at radius 3 is 2.72 bits per heavy atom. The van der Waals surface area contributed by atoms with E-state index in [2.05, 4.69) is 22.5 Å². The number of anilines is 1. The molecular weight excluding hydrogens is 402 g/mol. The van der Waals surface area contributed by atoms with Crippen molar-refractivity contribution >= 4 is 17.4 Å². The Balaban J connectivity index is 1.27. The maximum Gasteiger partial charge on any atom is 0.322 e. The molecule has 7 heteroatoms. The number of benzene rings is 2. The number of amides is 2. The van der Waals surface area contributed by atoms with Crippen LogP contribution in [0.1, 0.15) is 28.8 Å².